The number of alkyl halides is 3. The highest BCUT2D eigenvalue weighted by molar-refractivity contribution is 7.23. The van der Waals surface area contributed by atoms with Gasteiger partial charge in [0.05, 0.1) is 29.0 Å². The number of hydrogen-bond acceptors (Lipinski definition) is 8. The van der Waals surface area contributed by atoms with Crippen LogP contribution in [0, 0.1) is 23.0 Å². The lowest BCUT2D eigenvalue weighted by atomic mass is 9.92. The van der Waals surface area contributed by atoms with Crippen molar-refractivity contribution in [2.45, 2.75) is 44.9 Å². The first-order chi connectivity index (χ1) is 19.8. The number of nitrogens with zero attached hydrogens (tertiary/aromatic N) is 5. The van der Waals surface area contributed by atoms with Gasteiger partial charge in [-0.15, -0.1) is 11.3 Å². The van der Waals surface area contributed by atoms with Gasteiger partial charge in [-0.3, -0.25) is 4.79 Å². The van der Waals surface area contributed by atoms with E-state index in [1.54, 1.807) is 29.8 Å². The van der Waals surface area contributed by atoms with E-state index in [1.165, 1.54) is 7.11 Å². The summed E-state index contributed by atoms with van der Waals surface area (Å²) in [5.41, 5.74) is 2.55. The SMILES string of the molecule is CCC(=O)N1CCC(N(C)c2nc(OC)nc3c(F)c(-c4ccc(F)c5sc(N)c(C#N)c45)c(C(F)(F)F)cc23)C1C. The summed E-state index contributed by atoms with van der Waals surface area (Å²) < 4.78 is 80.3. The number of nitriles is 1. The van der Waals surface area contributed by atoms with E-state index in [0.717, 1.165) is 18.2 Å². The zero-order valence-electron chi connectivity index (χ0n) is 22.9. The molecule has 0 saturated carbocycles. The molecule has 8 nitrogen and oxygen atoms in total. The van der Waals surface area contributed by atoms with Crippen molar-refractivity contribution in [1.29, 1.82) is 5.26 Å². The predicted molar refractivity (Wildman–Crippen MR) is 149 cm³/mol. The molecule has 1 aliphatic heterocycles. The number of anilines is 2. The lowest BCUT2D eigenvalue weighted by molar-refractivity contribution is -0.137. The number of likely N-dealkylation sites (tertiary alicyclic amines) is 1. The Kier molecular flexibility index (Phi) is 7.34. The number of nitrogens with two attached hydrogens (primary N) is 1. The van der Waals surface area contributed by atoms with Gasteiger partial charge in [0.15, 0.2) is 5.82 Å². The summed E-state index contributed by atoms with van der Waals surface area (Å²) in [4.78, 5) is 24.1. The molecule has 5 rings (SSSR count). The van der Waals surface area contributed by atoms with Crippen LogP contribution >= 0.6 is 11.3 Å². The minimum absolute atomic E-state index is 0.0165. The molecule has 42 heavy (non-hydrogen) atoms. The van der Waals surface area contributed by atoms with Crippen molar-refractivity contribution in [3.63, 3.8) is 0 Å². The van der Waals surface area contributed by atoms with Crippen LogP contribution in [0.2, 0.25) is 0 Å². The maximum atomic E-state index is 16.5. The molecule has 2 N–H and O–H groups in total. The van der Waals surface area contributed by atoms with Gasteiger partial charge in [-0.05, 0) is 31.0 Å². The lowest BCUT2D eigenvalue weighted by Gasteiger charge is -2.32. The van der Waals surface area contributed by atoms with Gasteiger partial charge in [0.2, 0.25) is 5.91 Å². The zero-order valence-corrected chi connectivity index (χ0v) is 23.8. The molecule has 1 saturated heterocycles. The predicted octanol–water partition coefficient (Wildman–Crippen LogP) is 6.11. The molecule has 3 heterocycles. The van der Waals surface area contributed by atoms with Crippen molar-refractivity contribution in [2.24, 2.45) is 0 Å². The maximum absolute atomic E-state index is 16.5. The smallest absolute Gasteiger partial charge is 0.417 e. The molecule has 1 fully saturated rings. The van der Waals surface area contributed by atoms with Crippen molar-refractivity contribution in [3.8, 4) is 23.2 Å². The summed E-state index contributed by atoms with van der Waals surface area (Å²) in [6.45, 7) is 4.02. The number of nitrogen functional groups attached to an aromatic ring is 1. The Hall–Kier alpha value is -4.25. The second-order valence-corrected chi connectivity index (χ2v) is 11.0. The van der Waals surface area contributed by atoms with Crippen LogP contribution in [0.3, 0.4) is 0 Å². The van der Waals surface area contributed by atoms with Crippen LogP contribution in [-0.2, 0) is 11.0 Å². The number of amides is 1. The third-order valence-electron chi connectivity index (χ3n) is 7.75. The number of rotatable bonds is 5. The van der Waals surface area contributed by atoms with Gasteiger partial charge in [0.1, 0.15) is 28.2 Å². The highest BCUT2D eigenvalue weighted by Crippen LogP contribution is 2.48. The quantitative estimate of drug-likeness (QED) is 0.274. The number of fused-ring (bicyclic) bond motifs is 2. The standard InChI is InChI=1S/C28H25F5N6O2S/c1-5-19(40)39-9-8-18(12(39)2)38(3)26-14-10-16(28(31,32)33)21(22(30)23(14)36-27(37-26)41-4)13-6-7-17(29)24-20(13)15(11-34)25(35)42-24/h6-7,10,12,18H,5,8-9,35H2,1-4H3. The van der Waals surface area contributed by atoms with E-state index in [0.29, 0.717) is 30.7 Å². The third kappa shape index (κ3) is 4.52. The van der Waals surface area contributed by atoms with Gasteiger partial charge < -0.3 is 20.3 Å². The number of ether oxygens (including phenoxy) is 1. The number of carbonyl (C=O) groups is 1. The average molecular weight is 605 g/mol. The van der Waals surface area contributed by atoms with E-state index >= 15 is 4.39 Å². The summed E-state index contributed by atoms with van der Waals surface area (Å²) in [7, 11) is 2.85. The molecule has 2 atom stereocenters. The Morgan fingerprint density at radius 1 is 1.31 bits per heavy atom. The molecule has 0 aliphatic carbocycles. The molecule has 2 aromatic carbocycles. The Morgan fingerprint density at radius 2 is 2.02 bits per heavy atom. The zero-order chi connectivity index (χ0) is 30.7. The number of likely N-dealkylation sites (N-methyl/N-ethyl adjacent to an activating group) is 1. The van der Waals surface area contributed by atoms with Crippen LogP contribution in [0.25, 0.3) is 32.1 Å². The van der Waals surface area contributed by atoms with Crippen molar-refractivity contribution >= 4 is 49.1 Å². The van der Waals surface area contributed by atoms with Gasteiger partial charge >= 0.3 is 12.2 Å². The molecule has 1 aliphatic rings. The van der Waals surface area contributed by atoms with Crippen LogP contribution in [0.15, 0.2) is 18.2 Å². The van der Waals surface area contributed by atoms with Crippen LogP contribution in [0.5, 0.6) is 6.01 Å². The molecule has 2 unspecified atom stereocenters. The Morgan fingerprint density at radius 3 is 2.64 bits per heavy atom. The Balaban J connectivity index is 1.81. The molecule has 14 heteroatoms. The van der Waals surface area contributed by atoms with Crippen LogP contribution < -0.4 is 15.4 Å². The van der Waals surface area contributed by atoms with Gasteiger partial charge in [0.25, 0.3) is 0 Å². The minimum atomic E-state index is -5.07. The van der Waals surface area contributed by atoms with E-state index in [-0.39, 0.29) is 61.4 Å². The number of thiophene rings is 1. The fraction of sp³-hybridized carbons (Fsp3) is 0.357. The summed E-state index contributed by atoms with van der Waals surface area (Å²) in [6, 6.07) is 3.52. The number of carbonyl (C=O) groups excluding carboxylic acids is 1. The minimum Gasteiger partial charge on any atom is -0.467 e. The van der Waals surface area contributed by atoms with Crippen molar-refractivity contribution < 1.29 is 31.5 Å². The van der Waals surface area contributed by atoms with E-state index in [2.05, 4.69) is 9.97 Å². The van der Waals surface area contributed by atoms with Crippen molar-refractivity contribution in [2.75, 3.05) is 31.3 Å². The van der Waals surface area contributed by atoms with Gasteiger partial charge in [-0.1, -0.05) is 13.0 Å². The van der Waals surface area contributed by atoms with Gasteiger partial charge in [0, 0.05) is 42.4 Å². The average Bonchev–Trinajstić information content (AvgIpc) is 3.51. The summed E-state index contributed by atoms with van der Waals surface area (Å²) >= 11 is 0.688. The van der Waals surface area contributed by atoms with Crippen LogP contribution in [-0.4, -0.2) is 53.6 Å². The van der Waals surface area contributed by atoms with Gasteiger partial charge in [-0.25, -0.2) is 8.78 Å². The van der Waals surface area contributed by atoms with E-state index in [9.17, 15) is 27.6 Å². The normalized spacial score (nSPS) is 17.2. The first kappa shape index (κ1) is 29.2. The Bertz CT molecular complexity index is 1780. The Labute approximate surface area is 241 Å². The fourth-order valence-corrected chi connectivity index (χ4v) is 6.65. The summed E-state index contributed by atoms with van der Waals surface area (Å²) in [5.74, 6) is -2.23. The van der Waals surface area contributed by atoms with Crippen molar-refractivity contribution in [1.82, 2.24) is 14.9 Å². The first-order valence-electron chi connectivity index (χ1n) is 12.9. The van der Waals surface area contributed by atoms with E-state index in [4.69, 9.17) is 10.5 Å². The van der Waals surface area contributed by atoms with Crippen LogP contribution in [0.4, 0.5) is 32.8 Å². The largest absolute Gasteiger partial charge is 0.467 e. The number of hydrogen-bond donors (Lipinski definition) is 1. The lowest BCUT2D eigenvalue weighted by Crippen LogP contribution is -2.44. The molecule has 1 amide bonds. The maximum Gasteiger partial charge on any atom is 0.417 e. The molecule has 2 aromatic heterocycles. The number of halogens is 5. The third-order valence-corrected chi connectivity index (χ3v) is 8.77. The van der Waals surface area contributed by atoms with E-state index < -0.39 is 34.5 Å². The number of methoxy groups -OCH3 is 1. The fourth-order valence-electron chi connectivity index (χ4n) is 5.70. The highest BCUT2D eigenvalue weighted by Gasteiger charge is 2.40. The van der Waals surface area contributed by atoms with E-state index in [1.807, 2.05) is 6.92 Å². The molecular weight excluding hydrogens is 579 g/mol. The van der Waals surface area contributed by atoms with Crippen molar-refractivity contribution in [3.05, 3.63) is 41.0 Å². The monoisotopic (exact) mass is 604 g/mol. The molecule has 0 spiro atoms. The molecule has 4 aromatic rings. The molecular formula is C28H25F5N6O2S. The highest BCUT2D eigenvalue weighted by atomic mass is 32.1. The first-order valence-corrected chi connectivity index (χ1v) is 13.7. The summed E-state index contributed by atoms with van der Waals surface area (Å²) in [6.07, 6.45) is -4.26. The molecule has 0 bridgehead atoms. The van der Waals surface area contributed by atoms with Crippen LogP contribution in [0.1, 0.15) is 37.8 Å². The summed E-state index contributed by atoms with van der Waals surface area (Å²) in [5, 5.41) is 9.11. The second kappa shape index (κ2) is 10.5. The second-order valence-electron chi connectivity index (χ2n) is 9.94. The van der Waals surface area contributed by atoms with Gasteiger partial charge in [-0.2, -0.15) is 28.4 Å². The molecule has 0 radical (unpaired) electrons. The molecule has 220 valence electrons. The number of aromatic nitrogens is 2. The topological polar surface area (TPSA) is 108 Å². The number of benzene rings is 2.